The van der Waals surface area contributed by atoms with E-state index in [0.717, 1.165) is 0 Å². The van der Waals surface area contributed by atoms with Crippen LogP contribution in [0.2, 0.25) is 0 Å². The average Bonchev–Trinajstić information content (AvgIpc) is 3.64. The van der Waals surface area contributed by atoms with Gasteiger partial charge in [0.15, 0.2) is 0 Å². The molecule has 0 aliphatic heterocycles. The van der Waals surface area contributed by atoms with Crippen LogP contribution in [0.3, 0.4) is 0 Å². The highest BCUT2D eigenvalue weighted by molar-refractivity contribution is 7.26. The summed E-state index contributed by atoms with van der Waals surface area (Å²) in [6.07, 6.45) is 0. The normalized spacial score (nSPS) is 13.3. The van der Waals surface area contributed by atoms with Crippen molar-refractivity contribution in [1.29, 1.82) is 0 Å². The predicted molar refractivity (Wildman–Crippen MR) is 212 cm³/mol. The number of hydrogen-bond donors (Lipinski definition) is 0. The van der Waals surface area contributed by atoms with Crippen molar-refractivity contribution in [3.8, 4) is 22.3 Å². The lowest BCUT2D eigenvalue weighted by Gasteiger charge is -2.31. The Balaban J connectivity index is 1.30. The van der Waals surface area contributed by atoms with Gasteiger partial charge in [-0.3, -0.25) is 0 Å². The Morgan fingerprint density at radius 3 is 2.06 bits per heavy atom. The van der Waals surface area contributed by atoms with E-state index in [2.05, 4.69) is 183 Å². The van der Waals surface area contributed by atoms with Crippen molar-refractivity contribution in [2.75, 3.05) is 4.90 Å². The van der Waals surface area contributed by atoms with E-state index >= 15 is 0 Å². The van der Waals surface area contributed by atoms with E-state index < -0.39 is 0 Å². The Bertz CT molecular complexity index is 2770. The van der Waals surface area contributed by atoms with Crippen molar-refractivity contribution in [3.63, 3.8) is 0 Å². The quantitative estimate of drug-likeness (QED) is 0.184. The van der Waals surface area contributed by atoms with E-state index in [9.17, 15) is 0 Å². The van der Waals surface area contributed by atoms with Crippen molar-refractivity contribution in [2.45, 2.75) is 19.3 Å². The summed E-state index contributed by atoms with van der Waals surface area (Å²) >= 11 is 1.89. The number of fused-ring (bicyclic) bond motifs is 8. The topological polar surface area (TPSA) is 3.24 Å². The summed E-state index contributed by atoms with van der Waals surface area (Å²) in [6, 6.07) is 60.7. The summed E-state index contributed by atoms with van der Waals surface area (Å²) < 4.78 is 2.60. The van der Waals surface area contributed by atoms with Crippen LogP contribution < -0.4 is 4.90 Å². The minimum absolute atomic E-state index is 0.109. The highest BCUT2D eigenvalue weighted by Gasteiger charge is 2.36. The van der Waals surface area contributed by atoms with Crippen LogP contribution in [-0.4, -0.2) is 0 Å². The monoisotopic (exact) mass is 643 g/mol. The molecule has 1 aliphatic rings. The van der Waals surface area contributed by atoms with Gasteiger partial charge in [-0.2, -0.15) is 0 Å². The fraction of sp³-hybridized carbons (Fsp3) is 0.0638. The molecule has 0 spiro atoms. The van der Waals surface area contributed by atoms with E-state index in [4.69, 9.17) is 0 Å². The minimum atomic E-state index is -0.109. The van der Waals surface area contributed by atoms with Crippen molar-refractivity contribution < 1.29 is 0 Å². The van der Waals surface area contributed by atoms with Crippen LogP contribution in [0.5, 0.6) is 0 Å². The van der Waals surface area contributed by atoms with Gasteiger partial charge in [0.05, 0.1) is 16.1 Å². The summed E-state index contributed by atoms with van der Waals surface area (Å²) in [5, 5.41) is 7.58. The molecule has 0 atom stereocenters. The molecule has 0 radical (unpaired) electrons. The second-order valence-electron chi connectivity index (χ2n) is 13.7. The molecule has 1 aromatic heterocycles. The molecule has 0 amide bonds. The van der Waals surface area contributed by atoms with Crippen LogP contribution in [0.1, 0.15) is 25.0 Å². The van der Waals surface area contributed by atoms with Gasteiger partial charge in [0.25, 0.3) is 0 Å². The molecule has 1 nitrogen and oxygen atoms in total. The third-order valence-corrected chi connectivity index (χ3v) is 11.8. The summed E-state index contributed by atoms with van der Waals surface area (Å²) in [6.45, 7) is 4.74. The first-order chi connectivity index (χ1) is 24.1. The lowest BCUT2D eigenvalue weighted by molar-refractivity contribution is 0.660. The van der Waals surface area contributed by atoms with Gasteiger partial charge in [0, 0.05) is 32.1 Å². The maximum absolute atomic E-state index is 2.54. The second-order valence-corrected chi connectivity index (χ2v) is 14.8. The van der Waals surface area contributed by atoms with Crippen molar-refractivity contribution in [3.05, 3.63) is 175 Å². The molecule has 0 unspecified atom stereocenters. The number of rotatable bonds is 4. The third-order valence-electron chi connectivity index (χ3n) is 10.6. The Labute approximate surface area is 290 Å². The van der Waals surface area contributed by atoms with Gasteiger partial charge in [-0.05, 0) is 85.8 Å². The van der Waals surface area contributed by atoms with E-state index in [1.54, 1.807) is 0 Å². The molecule has 2 heteroatoms. The predicted octanol–water partition coefficient (Wildman–Crippen LogP) is 13.8. The molecule has 10 rings (SSSR count). The molecular formula is C47H33NS. The van der Waals surface area contributed by atoms with Crippen LogP contribution in [0.4, 0.5) is 17.1 Å². The van der Waals surface area contributed by atoms with E-state index in [1.807, 2.05) is 11.3 Å². The molecule has 0 fully saturated rings. The average molecular weight is 644 g/mol. The smallest absolute Gasteiger partial charge is 0.0640 e. The van der Waals surface area contributed by atoms with Crippen LogP contribution in [0.25, 0.3) is 64.0 Å². The Morgan fingerprint density at radius 2 is 1.16 bits per heavy atom. The Morgan fingerprint density at radius 1 is 0.469 bits per heavy atom. The zero-order chi connectivity index (χ0) is 32.7. The van der Waals surface area contributed by atoms with Gasteiger partial charge >= 0.3 is 0 Å². The number of anilines is 3. The summed E-state index contributed by atoms with van der Waals surface area (Å²) in [5.74, 6) is 0. The minimum Gasteiger partial charge on any atom is -0.308 e. The van der Waals surface area contributed by atoms with Crippen molar-refractivity contribution >= 4 is 70.1 Å². The second kappa shape index (κ2) is 10.7. The molecule has 232 valence electrons. The maximum atomic E-state index is 2.54. The highest BCUT2D eigenvalue weighted by Crippen LogP contribution is 2.53. The standard InChI is InChI=1S/C47H33NS/c1-47(2)40-19-9-7-16-36(40)37-26-25-34(29-41(37)47)48(43-20-11-18-39-38-17-8-10-21-44(38)49-46(39)43)42-27-24-31-13-5-6-15-35(31)45(42)33-23-22-30-12-3-4-14-32(30)28-33/h3-29H,1-2H3. The summed E-state index contributed by atoms with van der Waals surface area (Å²) in [4.78, 5) is 2.54. The van der Waals surface area contributed by atoms with E-state index in [-0.39, 0.29) is 5.41 Å². The van der Waals surface area contributed by atoms with Crippen LogP contribution >= 0.6 is 11.3 Å². The van der Waals surface area contributed by atoms with Gasteiger partial charge < -0.3 is 4.90 Å². The van der Waals surface area contributed by atoms with Gasteiger partial charge in [-0.1, -0.05) is 141 Å². The van der Waals surface area contributed by atoms with Crippen LogP contribution in [0, 0.1) is 0 Å². The maximum Gasteiger partial charge on any atom is 0.0640 e. The van der Waals surface area contributed by atoms with Gasteiger partial charge in [-0.15, -0.1) is 11.3 Å². The van der Waals surface area contributed by atoms with E-state index in [0.29, 0.717) is 0 Å². The van der Waals surface area contributed by atoms with Gasteiger partial charge in [0.2, 0.25) is 0 Å². The number of nitrogens with zero attached hydrogens (tertiary/aromatic N) is 1. The lowest BCUT2D eigenvalue weighted by Crippen LogP contribution is -2.17. The van der Waals surface area contributed by atoms with E-state index in [1.165, 1.54) is 92.2 Å². The molecule has 8 aromatic carbocycles. The number of hydrogen-bond acceptors (Lipinski definition) is 2. The summed E-state index contributed by atoms with van der Waals surface area (Å²) in [5.41, 5.74) is 11.3. The lowest BCUT2D eigenvalue weighted by atomic mass is 9.82. The first kappa shape index (κ1) is 28.3. The highest BCUT2D eigenvalue weighted by atomic mass is 32.1. The fourth-order valence-corrected chi connectivity index (χ4v) is 9.45. The molecular weight excluding hydrogens is 611 g/mol. The molecule has 0 N–H and O–H groups in total. The molecule has 0 saturated carbocycles. The van der Waals surface area contributed by atoms with Crippen LogP contribution in [-0.2, 0) is 5.41 Å². The SMILES string of the molecule is CC1(C)c2ccccc2-c2ccc(N(c3ccc4ccccc4c3-c3ccc4ccccc4c3)c3cccc4c3sc3ccccc34)cc21. The van der Waals surface area contributed by atoms with Crippen LogP contribution in [0.15, 0.2) is 164 Å². The zero-order valence-electron chi connectivity index (χ0n) is 27.4. The Hall–Kier alpha value is -5.70. The van der Waals surface area contributed by atoms with Crippen molar-refractivity contribution in [1.82, 2.24) is 0 Å². The molecule has 1 heterocycles. The Kier molecular flexibility index (Phi) is 6.16. The van der Waals surface area contributed by atoms with Gasteiger partial charge in [-0.25, -0.2) is 0 Å². The summed E-state index contributed by atoms with van der Waals surface area (Å²) in [7, 11) is 0. The molecule has 1 aliphatic carbocycles. The largest absolute Gasteiger partial charge is 0.308 e. The fourth-order valence-electron chi connectivity index (χ4n) is 8.24. The van der Waals surface area contributed by atoms with Crippen molar-refractivity contribution in [2.24, 2.45) is 0 Å². The first-order valence-electron chi connectivity index (χ1n) is 17.0. The number of benzene rings is 8. The number of thiophene rings is 1. The molecule has 0 saturated heterocycles. The third kappa shape index (κ3) is 4.24. The molecule has 49 heavy (non-hydrogen) atoms. The van der Waals surface area contributed by atoms with Gasteiger partial charge in [0.1, 0.15) is 0 Å². The zero-order valence-corrected chi connectivity index (χ0v) is 28.3. The first-order valence-corrected chi connectivity index (χ1v) is 17.8. The molecule has 0 bridgehead atoms. The molecule has 9 aromatic rings.